The second kappa shape index (κ2) is 59.6. The summed E-state index contributed by atoms with van der Waals surface area (Å²) in [6.45, 7) is 6.36. The van der Waals surface area contributed by atoms with Gasteiger partial charge in [-0.05, 0) is 89.9 Å². The molecule has 0 N–H and O–H groups in total. The van der Waals surface area contributed by atoms with Gasteiger partial charge in [-0.25, -0.2) is 0 Å². The predicted octanol–water partition coefficient (Wildman–Crippen LogP) is 20.3. The summed E-state index contributed by atoms with van der Waals surface area (Å²) in [5.74, 6) is -1.01. The monoisotopic (exact) mass is 999 g/mol. The maximum atomic E-state index is 12.8. The van der Waals surface area contributed by atoms with Crippen LogP contribution in [0.25, 0.3) is 0 Å². The van der Waals surface area contributed by atoms with E-state index in [9.17, 15) is 14.4 Å². The smallest absolute Gasteiger partial charge is 0.306 e. The molecule has 0 saturated carbocycles. The van der Waals surface area contributed by atoms with E-state index in [0.29, 0.717) is 19.3 Å². The van der Waals surface area contributed by atoms with E-state index in [2.05, 4.69) is 124 Å². The second-order valence-electron chi connectivity index (χ2n) is 19.5. The lowest BCUT2D eigenvalue weighted by molar-refractivity contribution is -0.166. The molecule has 0 amide bonds. The van der Waals surface area contributed by atoms with Gasteiger partial charge < -0.3 is 14.2 Å². The van der Waals surface area contributed by atoms with Crippen molar-refractivity contribution < 1.29 is 28.6 Å². The number of allylic oxidation sites excluding steroid dienone is 18. The molecule has 0 spiro atoms. The van der Waals surface area contributed by atoms with Crippen LogP contribution in [-0.2, 0) is 28.6 Å². The Morgan fingerprint density at radius 1 is 0.292 bits per heavy atom. The zero-order valence-corrected chi connectivity index (χ0v) is 46.9. The SMILES string of the molecule is CC/C=C\C/C=C\C/C=C\C/C=C\C/C=C\C/C=C\CCC(=O)OC(COC(=O)CCCCCCC/C=C\C/C=C\C/C=C\CC)COC(=O)CCCCCCCCCCCCCCCCCCCCCC. The van der Waals surface area contributed by atoms with Crippen LogP contribution in [0.5, 0.6) is 0 Å². The summed E-state index contributed by atoms with van der Waals surface area (Å²) in [5, 5.41) is 0. The molecule has 0 fully saturated rings. The minimum absolute atomic E-state index is 0.113. The van der Waals surface area contributed by atoms with Gasteiger partial charge >= 0.3 is 17.9 Å². The molecular weight excluding hydrogens is 889 g/mol. The predicted molar refractivity (Wildman–Crippen MR) is 311 cm³/mol. The number of esters is 3. The number of ether oxygens (including phenoxy) is 3. The minimum atomic E-state index is -0.827. The highest BCUT2D eigenvalue weighted by atomic mass is 16.6. The third-order valence-electron chi connectivity index (χ3n) is 12.5. The van der Waals surface area contributed by atoms with Gasteiger partial charge in [0, 0.05) is 19.3 Å². The lowest BCUT2D eigenvalue weighted by Gasteiger charge is -2.18. The molecule has 0 aliphatic rings. The van der Waals surface area contributed by atoms with Crippen LogP contribution in [0.1, 0.15) is 271 Å². The molecule has 1 atom stereocenters. The standard InChI is InChI=1S/C66H110O6/c1-4-7-10-13-16-19-22-25-28-30-32-34-35-38-41-44-47-50-53-56-59-65(68)71-62-63(61-70-64(67)58-55-52-49-46-43-40-37-27-24-21-18-15-12-9-6-3)72-66(69)60-57-54-51-48-45-42-39-36-33-31-29-26-23-20-17-14-11-8-5-2/h8-9,11-12,17-18,20-21,26-27,29,33,36-37,42,45,51,54,63H,4-7,10,13-16,19,22-25,28,30-32,34-35,38-41,43-44,46-50,52-53,55-62H2,1-3H3/b11-8-,12-9-,20-17-,21-18-,29-26-,36-33-,37-27-,45-42-,54-51-. The zero-order chi connectivity index (χ0) is 52.2. The van der Waals surface area contributed by atoms with Crippen molar-refractivity contribution in [2.45, 2.75) is 277 Å². The Labute approximate surface area is 444 Å². The van der Waals surface area contributed by atoms with Gasteiger partial charge in [0.1, 0.15) is 13.2 Å². The number of unbranched alkanes of at least 4 members (excludes halogenated alkanes) is 24. The van der Waals surface area contributed by atoms with Gasteiger partial charge in [-0.15, -0.1) is 0 Å². The quantitative estimate of drug-likeness (QED) is 0.0261. The number of rotatable bonds is 53. The van der Waals surface area contributed by atoms with Crippen LogP contribution in [0, 0.1) is 0 Å². The number of hydrogen-bond donors (Lipinski definition) is 0. The number of carbonyl (C=O) groups excluding carboxylic acids is 3. The Morgan fingerprint density at radius 3 is 0.903 bits per heavy atom. The second-order valence-corrected chi connectivity index (χ2v) is 19.5. The van der Waals surface area contributed by atoms with E-state index < -0.39 is 12.1 Å². The highest BCUT2D eigenvalue weighted by molar-refractivity contribution is 5.71. The summed E-state index contributed by atoms with van der Waals surface area (Å²) in [7, 11) is 0. The molecule has 6 heteroatoms. The van der Waals surface area contributed by atoms with E-state index >= 15 is 0 Å². The van der Waals surface area contributed by atoms with Crippen LogP contribution >= 0.6 is 0 Å². The van der Waals surface area contributed by atoms with Gasteiger partial charge in [-0.1, -0.05) is 271 Å². The van der Waals surface area contributed by atoms with Gasteiger partial charge in [0.2, 0.25) is 0 Å². The first-order chi connectivity index (χ1) is 35.5. The summed E-state index contributed by atoms with van der Waals surface area (Å²) >= 11 is 0. The molecule has 72 heavy (non-hydrogen) atoms. The van der Waals surface area contributed by atoms with Crippen LogP contribution in [0.2, 0.25) is 0 Å². The average molecular weight is 1000 g/mol. The molecule has 0 rings (SSSR count). The molecule has 6 nitrogen and oxygen atoms in total. The van der Waals surface area contributed by atoms with Crippen molar-refractivity contribution in [3.05, 3.63) is 109 Å². The molecule has 0 saturated heterocycles. The van der Waals surface area contributed by atoms with Crippen molar-refractivity contribution in [1.82, 2.24) is 0 Å². The first-order valence-electron chi connectivity index (χ1n) is 29.9. The summed E-state index contributed by atoms with van der Waals surface area (Å²) < 4.78 is 16.8. The Hall–Kier alpha value is -3.93. The van der Waals surface area contributed by atoms with Gasteiger partial charge in [0.25, 0.3) is 0 Å². The fourth-order valence-corrected chi connectivity index (χ4v) is 8.13. The summed E-state index contributed by atoms with van der Waals surface area (Å²) in [6, 6.07) is 0. The fraction of sp³-hybridized carbons (Fsp3) is 0.682. The first kappa shape index (κ1) is 68.1. The minimum Gasteiger partial charge on any atom is -0.462 e. The normalized spacial score (nSPS) is 12.9. The highest BCUT2D eigenvalue weighted by Gasteiger charge is 2.19. The third kappa shape index (κ3) is 57.0. The Bertz CT molecular complexity index is 1470. The molecule has 1 unspecified atom stereocenters. The molecular formula is C66H110O6. The van der Waals surface area contributed by atoms with Gasteiger partial charge in [0.05, 0.1) is 0 Å². The Morgan fingerprint density at radius 2 is 0.569 bits per heavy atom. The summed E-state index contributed by atoms with van der Waals surface area (Å²) in [5.41, 5.74) is 0. The molecule has 0 aromatic carbocycles. The van der Waals surface area contributed by atoms with E-state index in [4.69, 9.17) is 14.2 Å². The van der Waals surface area contributed by atoms with Crippen LogP contribution in [-0.4, -0.2) is 37.2 Å². The molecule has 0 heterocycles. The van der Waals surface area contributed by atoms with Crippen molar-refractivity contribution in [2.24, 2.45) is 0 Å². The van der Waals surface area contributed by atoms with Crippen molar-refractivity contribution >= 4 is 17.9 Å². The molecule has 0 aliphatic heterocycles. The molecule has 410 valence electrons. The van der Waals surface area contributed by atoms with E-state index in [-0.39, 0.29) is 31.6 Å². The van der Waals surface area contributed by atoms with E-state index in [1.165, 1.54) is 109 Å². The maximum Gasteiger partial charge on any atom is 0.306 e. The Kier molecular flexibility index (Phi) is 56.4. The topological polar surface area (TPSA) is 78.9 Å². The van der Waals surface area contributed by atoms with Crippen LogP contribution < -0.4 is 0 Å². The van der Waals surface area contributed by atoms with E-state index in [0.717, 1.165) is 116 Å². The lowest BCUT2D eigenvalue weighted by Crippen LogP contribution is -2.30. The molecule has 0 aliphatic carbocycles. The van der Waals surface area contributed by atoms with Gasteiger partial charge in [0.15, 0.2) is 6.10 Å². The van der Waals surface area contributed by atoms with Crippen LogP contribution in [0.4, 0.5) is 0 Å². The summed E-state index contributed by atoms with van der Waals surface area (Å²) in [6.07, 6.45) is 81.0. The third-order valence-corrected chi connectivity index (χ3v) is 12.5. The average Bonchev–Trinajstić information content (AvgIpc) is 3.38. The van der Waals surface area contributed by atoms with Crippen LogP contribution in [0.15, 0.2) is 109 Å². The molecule has 0 radical (unpaired) electrons. The van der Waals surface area contributed by atoms with Gasteiger partial charge in [-0.3, -0.25) is 14.4 Å². The molecule has 0 aromatic heterocycles. The van der Waals surface area contributed by atoms with Crippen molar-refractivity contribution in [3.8, 4) is 0 Å². The van der Waals surface area contributed by atoms with Gasteiger partial charge in [-0.2, -0.15) is 0 Å². The Balaban J connectivity index is 4.49. The van der Waals surface area contributed by atoms with Crippen LogP contribution in [0.3, 0.4) is 0 Å². The van der Waals surface area contributed by atoms with E-state index in [1.54, 1.807) is 0 Å². The highest BCUT2D eigenvalue weighted by Crippen LogP contribution is 2.16. The maximum absolute atomic E-state index is 12.8. The lowest BCUT2D eigenvalue weighted by atomic mass is 10.0. The number of hydrogen-bond acceptors (Lipinski definition) is 6. The van der Waals surface area contributed by atoms with Crippen molar-refractivity contribution in [2.75, 3.05) is 13.2 Å². The molecule has 0 aromatic rings. The molecule has 0 bridgehead atoms. The number of carbonyl (C=O) groups is 3. The van der Waals surface area contributed by atoms with Crippen molar-refractivity contribution in [1.29, 1.82) is 0 Å². The largest absolute Gasteiger partial charge is 0.462 e. The fourth-order valence-electron chi connectivity index (χ4n) is 8.13. The van der Waals surface area contributed by atoms with E-state index in [1.807, 2.05) is 6.08 Å². The zero-order valence-electron chi connectivity index (χ0n) is 46.9. The first-order valence-corrected chi connectivity index (χ1v) is 29.9. The van der Waals surface area contributed by atoms with Crippen molar-refractivity contribution in [3.63, 3.8) is 0 Å². The summed E-state index contributed by atoms with van der Waals surface area (Å²) in [4.78, 5) is 38.2.